The van der Waals surface area contributed by atoms with Crippen LogP contribution in [0.5, 0.6) is 0 Å². The lowest BCUT2D eigenvalue weighted by molar-refractivity contribution is 0.838. The Morgan fingerprint density at radius 2 is 2.00 bits per heavy atom. The van der Waals surface area contributed by atoms with Crippen LogP contribution in [0.2, 0.25) is 10.0 Å². The molecule has 0 saturated carbocycles. The predicted molar refractivity (Wildman–Crippen MR) is 95.5 cm³/mol. The number of anilines is 2. The Labute approximate surface area is 147 Å². The SMILES string of the molecule is Cc1cc(Nc2nc3ccccc3[nH]2)n(-c2ncc(Cl)cc2Cl)n1. The predicted octanol–water partition coefficient (Wildman–Crippen LogP) is 4.50. The summed E-state index contributed by atoms with van der Waals surface area (Å²) < 4.78 is 1.63. The molecule has 4 rings (SSSR count). The number of halogens is 2. The molecule has 0 saturated heterocycles. The minimum absolute atomic E-state index is 0.415. The molecule has 24 heavy (non-hydrogen) atoms. The first-order valence-electron chi connectivity index (χ1n) is 7.20. The Morgan fingerprint density at radius 3 is 2.79 bits per heavy atom. The molecule has 8 heteroatoms. The first-order valence-corrected chi connectivity index (χ1v) is 7.95. The number of nitrogens with zero attached hydrogens (tertiary/aromatic N) is 4. The van der Waals surface area contributed by atoms with Crippen LogP contribution in [-0.2, 0) is 0 Å². The van der Waals surface area contributed by atoms with E-state index in [0.717, 1.165) is 16.7 Å². The summed E-state index contributed by atoms with van der Waals surface area (Å²) in [6.07, 6.45) is 1.53. The van der Waals surface area contributed by atoms with E-state index in [4.69, 9.17) is 23.2 Å². The van der Waals surface area contributed by atoms with E-state index in [-0.39, 0.29) is 0 Å². The zero-order chi connectivity index (χ0) is 16.7. The van der Waals surface area contributed by atoms with Crippen molar-refractivity contribution < 1.29 is 0 Å². The number of benzene rings is 1. The van der Waals surface area contributed by atoms with E-state index < -0.39 is 0 Å². The van der Waals surface area contributed by atoms with Gasteiger partial charge in [-0.1, -0.05) is 35.3 Å². The number of aromatic nitrogens is 5. The van der Waals surface area contributed by atoms with Gasteiger partial charge >= 0.3 is 0 Å². The number of hydrogen-bond acceptors (Lipinski definition) is 4. The van der Waals surface area contributed by atoms with Gasteiger partial charge in [-0.2, -0.15) is 9.78 Å². The van der Waals surface area contributed by atoms with Crippen molar-refractivity contribution >= 4 is 46.0 Å². The zero-order valence-corrected chi connectivity index (χ0v) is 14.1. The first kappa shape index (κ1) is 15.0. The molecule has 0 fully saturated rings. The van der Waals surface area contributed by atoms with Crippen LogP contribution >= 0.6 is 23.2 Å². The van der Waals surface area contributed by atoms with Crippen LogP contribution in [0, 0.1) is 6.92 Å². The smallest absolute Gasteiger partial charge is 0.206 e. The van der Waals surface area contributed by atoms with Crippen LogP contribution in [0.25, 0.3) is 16.9 Å². The number of aryl methyl sites for hydroxylation is 1. The normalized spacial score (nSPS) is 11.1. The van der Waals surface area contributed by atoms with Gasteiger partial charge in [-0.25, -0.2) is 9.97 Å². The average molecular weight is 359 g/mol. The molecular weight excluding hydrogens is 347 g/mol. The third-order valence-electron chi connectivity index (χ3n) is 3.46. The third-order valence-corrected chi connectivity index (χ3v) is 3.94. The van der Waals surface area contributed by atoms with Gasteiger partial charge in [0.05, 0.1) is 26.8 Å². The second kappa shape index (κ2) is 5.81. The molecule has 4 aromatic rings. The van der Waals surface area contributed by atoms with Gasteiger partial charge in [0.25, 0.3) is 0 Å². The second-order valence-electron chi connectivity index (χ2n) is 5.27. The molecule has 3 heterocycles. The van der Waals surface area contributed by atoms with Crippen LogP contribution in [-0.4, -0.2) is 24.7 Å². The number of H-pyrrole nitrogens is 1. The van der Waals surface area contributed by atoms with Crippen molar-refractivity contribution in [3.63, 3.8) is 0 Å². The van der Waals surface area contributed by atoms with Crippen molar-refractivity contribution in [1.29, 1.82) is 0 Å². The van der Waals surface area contributed by atoms with E-state index in [1.807, 2.05) is 37.3 Å². The topological polar surface area (TPSA) is 71.4 Å². The Morgan fingerprint density at radius 1 is 1.17 bits per heavy atom. The summed E-state index contributed by atoms with van der Waals surface area (Å²) in [6, 6.07) is 11.3. The fourth-order valence-corrected chi connectivity index (χ4v) is 2.91. The monoisotopic (exact) mass is 358 g/mol. The molecule has 2 N–H and O–H groups in total. The van der Waals surface area contributed by atoms with Crippen molar-refractivity contribution in [3.8, 4) is 5.82 Å². The van der Waals surface area contributed by atoms with Gasteiger partial charge in [0.2, 0.25) is 5.95 Å². The van der Waals surface area contributed by atoms with E-state index in [2.05, 4.69) is 25.4 Å². The Balaban J connectivity index is 1.76. The van der Waals surface area contributed by atoms with E-state index in [1.165, 1.54) is 6.20 Å². The Bertz CT molecular complexity index is 1000. The fraction of sp³-hybridized carbons (Fsp3) is 0.0625. The van der Waals surface area contributed by atoms with Gasteiger partial charge in [0, 0.05) is 12.3 Å². The van der Waals surface area contributed by atoms with Gasteiger partial charge in [-0.3, -0.25) is 0 Å². The number of nitrogens with one attached hydrogen (secondary N) is 2. The van der Waals surface area contributed by atoms with Gasteiger partial charge < -0.3 is 10.3 Å². The van der Waals surface area contributed by atoms with E-state index >= 15 is 0 Å². The summed E-state index contributed by atoms with van der Waals surface area (Å²) in [7, 11) is 0. The standard InChI is InChI=1S/C16H12Cl2N6/c1-9-6-14(22-16-20-12-4-2-3-5-13(12)21-16)24(23-9)15-11(18)7-10(17)8-19-15/h2-8H,1H3,(H2,20,21,22). The molecule has 0 aliphatic heterocycles. The lowest BCUT2D eigenvalue weighted by Gasteiger charge is -2.08. The molecular formula is C16H12Cl2N6. The second-order valence-corrected chi connectivity index (χ2v) is 6.11. The summed E-state index contributed by atoms with van der Waals surface area (Å²) in [5, 5.41) is 8.56. The molecule has 0 aliphatic carbocycles. The molecule has 120 valence electrons. The lowest BCUT2D eigenvalue weighted by atomic mass is 10.3. The van der Waals surface area contributed by atoms with E-state index in [9.17, 15) is 0 Å². The highest BCUT2D eigenvalue weighted by Gasteiger charge is 2.14. The number of hydrogen-bond donors (Lipinski definition) is 2. The molecule has 3 aromatic heterocycles. The van der Waals surface area contributed by atoms with Gasteiger partial charge in [-0.05, 0) is 25.1 Å². The van der Waals surface area contributed by atoms with Gasteiger partial charge in [0.1, 0.15) is 5.82 Å². The van der Waals surface area contributed by atoms with E-state index in [1.54, 1.807) is 10.7 Å². The van der Waals surface area contributed by atoms with Crippen LogP contribution in [0.4, 0.5) is 11.8 Å². The van der Waals surface area contributed by atoms with Crippen LogP contribution in [0.3, 0.4) is 0 Å². The number of aromatic amines is 1. The van der Waals surface area contributed by atoms with Crippen LogP contribution < -0.4 is 5.32 Å². The Kier molecular flexibility index (Phi) is 3.63. The average Bonchev–Trinajstić information content (AvgIpc) is 3.10. The molecule has 1 aromatic carbocycles. The highest BCUT2D eigenvalue weighted by Crippen LogP contribution is 2.26. The number of rotatable bonds is 3. The lowest BCUT2D eigenvalue weighted by Crippen LogP contribution is -2.06. The highest BCUT2D eigenvalue weighted by atomic mass is 35.5. The van der Waals surface area contributed by atoms with Crippen molar-refractivity contribution in [1.82, 2.24) is 24.7 Å². The first-order chi connectivity index (χ1) is 11.6. The fourth-order valence-electron chi connectivity index (χ4n) is 2.45. The maximum absolute atomic E-state index is 6.25. The summed E-state index contributed by atoms with van der Waals surface area (Å²) in [4.78, 5) is 12.0. The quantitative estimate of drug-likeness (QED) is 0.565. The van der Waals surface area contributed by atoms with Gasteiger partial charge in [0.15, 0.2) is 5.82 Å². The molecule has 0 aliphatic rings. The Hall–Kier alpha value is -2.57. The summed E-state index contributed by atoms with van der Waals surface area (Å²) >= 11 is 12.2. The summed E-state index contributed by atoms with van der Waals surface area (Å²) in [6.45, 7) is 1.89. The van der Waals surface area contributed by atoms with Gasteiger partial charge in [-0.15, -0.1) is 0 Å². The molecule has 0 spiro atoms. The minimum atomic E-state index is 0.415. The molecule has 0 amide bonds. The maximum atomic E-state index is 6.25. The largest absolute Gasteiger partial charge is 0.324 e. The summed E-state index contributed by atoms with van der Waals surface area (Å²) in [5.41, 5.74) is 2.65. The minimum Gasteiger partial charge on any atom is -0.324 e. The van der Waals surface area contributed by atoms with Crippen molar-refractivity contribution in [2.75, 3.05) is 5.32 Å². The van der Waals surface area contributed by atoms with E-state index in [0.29, 0.717) is 27.6 Å². The number of para-hydroxylation sites is 2. The van der Waals surface area contributed by atoms with Crippen molar-refractivity contribution in [2.45, 2.75) is 6.92 Å². The van der Waals surface area contributed by atoms with Crippen LogP contribution in [0.15, 0.2) is 42.6 Å². The molecule has 0 bridgehead atoms. The molecule has 6 nitrogen and oxygen atoms in total. The number of fused-ring (bicyclic) bond motifs is 1. The molecule has 0 unspecified atom stereocenters. The van der Waals surface area contributed by atoms with Crippen molar-refractivity contribution in [2.24, 2.45) is 0 Å². The van der Waals surface area contributed by atoms with Crippen molar-refractivity contribution in [3.05, 3.63) is 58.3 Å². The molecule has 0 atom stereocenters. The number of imidazole rings is 1. The maximum Gasteiger partial charge on any atom is 0.206 e. The third kappa shape index (κ3) is 2.70. The number of pyridine rings is 1. The summed E-state index contributed by atoms with van der Waals surface area (Å²) in [5.74, 6) is 1.80. The zero-order valence-electron chi connectivity index (χ0n) is 12.6. The molecule has 0 radical (unpaired) electrons. The van der Waals surface area contributed by atoms with Crippen LogP contribution in [0.1, 0.15) is 5.69 Å². The highest BCUT2D eigenvalue weighted by molar-refractivity contribution is 6.35.